The van der Waals surface area contributed by atoms with Crippen LogP contribution in [0.15, 0.2) is 48.5 Å². The molecule has 7 heteroatoms. The Kier molecular flexibility index (Phi) is 7.54. The molecule has 1 saturated heterocycles. The molecule has 0 radical (unpaired) electrons. The number of nitrogens with one attached hydrogen (secondary N) is 2. The van der Waals surface area contributed by atoms with Crippen LogP contribution in [-0.4, -0.2) is 50.2 Å². The molecule has 0 bridgehead atoms. The van der Waals surface area contributed by atoms with Crippen LogP contribution in [0.4, 0.5) is 10.5 Å². The highest BCUT2D eigenvalue weighted by Gasteiger charge is 2.23. The minimum Gasteiger partial charge on any atom is -0.493 e. The van der Waals surface area contributed by atoms with Crippen molar-refractivity contribution in [3.8, 4) is 11.5 Å². The number of urea groups is 1. The SMILES string of the molecule is COc1ccc(CCC(=O)N2CCC(NC(=O)Nc3ccccc3)CC2)cc1OC. The van der Waals surface area contributed by atoms with E-state index in [0.29, 0.717) is 37.4 Å². The Morgan fingerprint density at radius 3 is 2.37 bits per heavy atom. The Morgan fingerprint density at radius 2 is 1.70 bits per heavy atom. The molecule has 2 N–H and O–H groups in total. The van der Waals surface area contributed by atoms with E-state index in [2.05, 4.69) is 10.6 Å². The molecule has 2 aromatic rings. The summed E-state index contributed by atoms with van der Waals surface area (Å²) < 4.78 is 10.6. The summed E-state index contributed by atoms with van der Waals surface area (Å²) in [4.78, 5) is 26.6. The molecule has 0 saturated carbocycles. The van der Waals surface area contributed by atoms with Crippen LogP contribution in [0.1, 0.15) is 24.8 Å². The van der Waals surface area contributed by atoms with E-state index in [1.807, 2.05) is 53.4 Å². The van der Waals surface area contributed by atoms with E-state index in [0.717, 1.165) is 24.1 Å². The van der Waals surface area contributed by atoms with Crippen LogP contribution in [-0.2, 0) is 11.2 Å². The monoisotopic (exact) mass is 411 g/mol. The van der Waals surface area contributed by atoms with E-state index >= 15 is 0 Å². The summed E-state index contributed by atoms with van der Waals surface area (Å²) in [7, 11) is 3.20. The van der Waals surface area contributed by atoms with Crippen LogP contribution in [0.25, 0.3) is 0 Å². The molecule has 0 aliphatic carbocycles. The van der Waals surface area contributed by atoms with Gasteiger partial charge in [-0.15, -0.1) is 0 Å². The van der Waals surface area contributed by atoms with Gasteiger partial charge in [-0.3, -0.25) is 4.79 Å². The average molecular weight is 412 g/mol. The normalized spacial score (nSPS) is 14.1. The number of benzene rings is 2. The average Bonchev–Trinajstić information content (AvgIpc) is 2.78. The number of anilines is 1. The summed E-state index contributed by atoms with van der Waals surface area (Å²) in [6.45, 7) is 1.31. The van der Waals surface area contributed by atoms with Crippen molar-refractivity contribution in [2.24, 2.45) is 0 Å². The lowest BCUT2D eigenvalue weighted by Gasteiger charge is -2.32. The van der Waals surface area contributed by atoms with Gasteiger partial charge in [0.15, 0.2) is 11.5 Å². The summed E-state index contributed by atoms with van der Waals surface area (Å²) in [5, 5.41) is 5.82. The minimum atomic E-state index is -0.209. The summed E-state index contributed by atoms with van der Waals surface area (Å²) in [5.74, 6) is 1.48. The second kappa shape index (κ2) is 10.5. The van der Waals surface area contributed by atoms with Crippen molar-refractivity contribution in [2.45, 2.75) is 31.7 Å². The maximum absolute atomic E-state index is 12.6. The first kappa shape index (κ1) is 21.5. The third-order valence-corrected chi connectivity index (χ3v) is 5.29. The molecule has 1 heterocycles. The fourth-order valence-electron chi connectivity index (χ4n) is 3.59. The maximum atomic E-state index is 12.6. The zero-order valence-corrected chi connectivity index (χ0v) is 17.5. The Labute approximate surface area is 177 Å². The molecule has 160 valence electrons. The molecule has 7 nitrogen and oxygen atoms in total. The van der Waals surface area contributed by atoms with Gasteiger partial charge < -0.3 is 25.0 Å². The molecule has 30 heavy (non-hydrogen) atoms. The molecule has 3 rings (SSSR count). The predicted octanol–water partition coefficient (Wildman–Crippen LogP) is 3.45. The van der Waals surface area contributed by atoms with Crippen LogP contribution in [0.5, 0.6) is 11.5 Å². The molecule has 0 atom stereocenters. The lowest BCUT2D eigenvalue weighted by atomic mass is 10.0. The molecule has 0 unspecified atom stereocenters. The van der Waals surface area contributed by atoms with Gasteiger partial charge in [0.05, 0.1) is 14.2 Å². The highest BCUT2D eigenvalue weighted by Crippen LogP contribution is 2.28. The van der Waals surface area contributed by atoms with Crippen molar-refractivity contribution in [1.29, 1.82) is 0 Å². The van der Waals surface area contributed by atoms with Crippen molar-refractivity contribution in [1.82, 2.24) is 10.2 Å². The number of aryl methyl sites for hydroxylation is 1. The van der Waals surface area contributed by atoms with E-state index < -0.39 is 0 Å². The predicted molar refractivity (Wildman–Crippen MR) is 116 cm³/mol. The second-order valence-electron chi connectivity index (χ2n) is 7.31. The van der Waals surface area contributed by atoms with Crippen molar-refractivity contribution in [3.63, 3.8) is 0 Å². The lowest BCUT2D eigenvalue weighted by Crippen LogP contribution is -2.47. The molecule has 2 aromatic carbocycles. The number of carbonyl (C=O) groups excluding carboxylic acids is 2. The van der Waals surface area contributed by atoms with Crippen LogP contribution in [0.2, 0.25) is 0 Å². The van der Waals surface area contributed by atoms with Crippen LogP contribution >= 0.6 is 0 Å². The first-order chi connectivity index (χ1) is 14.6. The first-order valence-electron chi connectivity index (χ1n) is 10.2. The topological polar surface area (TPSA) is 79.9 Å². The van der Waals surface area contributed by atoms with Crippen molar-refractivity contribution < 1.29 is 19.1 Å². The van der Waals surface area contributed by atoms with E-state index in [1.165, 1.54) is 0 Å². The summed E-state index contributed by atoms with van der Waals surface area (Å²) in [5.41, 5.74) is 1.80. The Morgan fingerprint density at radius 1 is 1.00 bits per heavy atom. The second-order valence-corrected chi connectivity index (χ2v) is 7.31. The number of amides is 3. The third kappa shape index (κ3) is 5.89. The van der Waals surface area contributed by atoms with Gasteiger partial charge in [0.2, 0.25) is 5.91 Å². The van der Waals surface area contributed by atoms with E-state index in [1.54, 1.807) is 14.2 Å². The smallest absolute Gasteiger partial charge is 0.319 e. The van der Waals surface area contributed by atoms with E-state index in [-0.39, 0.29) is 18.0 Å². The third-order valence-electron chi connectivity index (χ3n) is 5.29. The number of para-hydroxylation sites is 1. The fraction of sp³-hybridized carbons (Fsp3) is 0.391. The Hall–Kier alpha value is -3.22. The minimum absolute atomic E-state index is 0.0728. The zero-order valence-electron chi connectivity index (χ0n) is 17.5. The van der Waals surface area contributed by atoms with Gasteiger partial charge in [0, 0.05) is 31.2 Å². The molecular formula is C23H29N3O4. The highest BCUT2D eigenvalue weighted by atomic mass is 16.5. The first-order valence-corrected chi connectivity index (χ1v) is 10.2. The number of hydrogen-bond donors (Lipinski definition) is 2. The quantitative estimate of drug-likeness (QED) is 0.731. The van der Waals surface area contributed by atoms with Gasteiger partial charge in [0.1, 0.15) is 0 Å². The molecule has 1 aliphatic heterocycles. The van der Waals surface area contributed by atoms with Gasteiger partial charge in [-0.25, -0.2) is 4.79 Å². The van der Waals surface area contributed by atoms with Gasteiger partial charge in [0.25, 0.3) is 0 Å². The zero-order chi connectivity index (χ0) is 21.3. The standard InChI is InChI=1S/C23H29N3O4/c1-29-20-10-8-17(16-21(20)30-2)9-11-22(27)26-14-12-19(13-15-26)25-23(28)24-18-6-4-3-5-7-18/h3-8,10,16,19H,9,11-15H2,1-2H3,(H2,24,25,28). The van der Waals surface area contributed by atoms with Gasteiger partial charge in [-0.1, -0.05) is 24.3 Å². The number of nitrogens with zero attached hydrogens (tertiary/aromatic N) is 1. The number of rotatable bonds is 7. The van der Waals surface area contributed by atoms with Crippen LogP contribution in [0, 0.1) is 0 Å². The number of methoxy groups -OCH3 is 2. The lowest BCUT2D eigenvalue weighted by molar-refractivity contribution is -0.132. The van der Waals surface area contributed by atoms with Crippen molar-refractivity contribution in [3.05, 3.63) is 54.1 Å². The largest absolute Gasteiger partial charge is 0.493 e. The molecule has 1 fully saturated rings. The molecule has 0 aromatic heterocycles. The van der Waals surface area contributed by atoms with Crippen LogP contribution < -0.4 is 20.1 Å². The van der Waals surface area contributed by atoms with Gasteiger partial charge in [-0.05, 0) is 49.1 Å². The molecule has 1 aliphatic rings. The number of piperidine rings is 1. The Bertz CT molecular complexity index is 849. The number of carbonyl (C=O) groups is 2. The maximum Gasteiger partial charge on any atom is 0.319 e. The van der Waals surface area contributed by atoms with Crippen molar-refractivity contribution >= 4 is 17.6 Å². The number of ether oxygens (including phenoxy) is 2. The summed E-state index contributed by atoms with van der Waals surface area (Å²) in [6.07, 6.45) is 2.60. The Balaban J connectivity index is 1.41. The van der Waals surface area contributed by atoms with Crippen LogP contribution in [0.3, 0.4) is 0 Å². The number of likely N-dealkylation sites (tertiary alicyclic amines) is 1. The molecular weight excluding hydrogens is 382 g/mol. The highest BCUT2D eigenvalue weighted by molar-refractivity contribution is 5.89. The fourth-order valence-corrected chi connectivity index (χ4v) is 3.59. The number of hydrogen-bond acceptors (Lipinski definition) is 4. The molecule has 3 amide bonds. The van der Waals surface area contributed by atoms with E-state index in [9.17, 15) is 9.59 Å². The van der Waals surface area contributed by atoms with Gasteiger partial charge in [-0.2, -0.15) is 0 Å². The summed E-state index contributed by atoms with van der Waals surface area (Å²) >= 11 is 0. The molecule has 0 spiro atoms. The van der Waals surface area contributed by atoms with Crippen molar-refractivity contribution in [2.75, 3.05) is 32.6 Å². The summed E-state index contributed by atoms with van der Waals surface area (Å²) in [6, 6.07) is 14.9. The van der Waals surface area contributed by atoms with Gasteiger partial charge >= 0.3 is 6.03 Å². The van der Waals surface area contributed by atoms with E-state index in [4.69, 9.17) is 9.47 Å².